The minimum absolute atomic E-state index is 0.0148. The average Bonchev–Trinajstić information content (AvgIpc) is 2.36. The van der Waals surface area contributed by atoms with Gasteiger partial charge in [-0.05, 0) is 58.2 Å². The van der Waals surface area contributed by atoms with Crippen LogP contribution in [-0.4, -0.2) is 43.9 Å². The van der Waals surface area contributed by atoms with Crippen molar-refractivity contribution in [3.05, 3.63) is 0 Å². The summed E-state index contributed by atoms with van der Waals surface area (Å²) in [5, 5.41) is 12.8. The minimum atomic E-state index is -1.81. The predicted molar refractivity (Wildman–Crippen MR) is 99.7 cm³/mol. The summed E-state index contributed by atoms with van der Waals surface area (Å²) in [5.74, 6) is 0.0148. The van der Waals surface area contributed by atoms with Crippen LogP contribution in [0.25, 0.3) is 0 Å². The molecule has 0 spiro atoms. The molecule has 0 aromatic rings. The van der Waals surface area contributed by atoms with Crippen LogP contribution in [-0.2, 0) is 9.16 Å². The van der Waals surface area contributed by atoms with Crippen LogP contribution in [0.1, 0.15) is 60.8 Å². The van der Waals surface area contributed by atoms with E-state index in [9.17, 15) is 9.90 Å². The Kier molecular flexibility index (Phi) is 6.92. The second-order valence-corrected chi connectivity index (χ2v) is 14.3. The van der Waals surface area contributed by atoms with Crippen molar-refractivity contribution in [1.82, 2.24) is 5.32 Å². The first kappa shape index (κ1) is 21.4. The molecule has 0 aromatic carbocycles. The van der Waals surface area contributed by atoms with E-state index >= 15 is 0 Å². The lowest BCUT2D eigenvalue weighted by Gasteiger charge is -2.43. The largest absolute Gasteiger partial charge is 0.444 e. The molecule has 0 saturated heterocycles. The molecule has 3 atom stereocenters. The number of carbonyl (C=O) groups is 1. The van der Waals surface area contributed by atoms with E-state index in [0.29, 0.717) is 0 Å². The molecule has 6 heteroatoms. The third kappa shape index (κ3) is 6.37. The first-order valence-corrected chi connectivity index (χ1v) is 11.9. The van der Waals surface area contributed by atoms with E-state index in [1.807, 2.05) is 20.8 Å². The Hall–Kier alpha value is -0.593. The summed E-state index contributed by atoms with van der Waals surface area (Å²) in [7, 11) is -1.81. The highest BCUT2D eigenvalue weighted by atomic mass is 28.4. The second-order valence-electron chi connectivity index (χ2n) is 9.51. The van der Waals surface area contributed by atoms with Crippen molar-refractivity contribution in [3.8, 4) is 0 Å². The molecule has 1 saturated carbocycles. The molecule has 0 aromatic heterocycles. The molecule has 1 amide bonds. The predicted octanol–water partition coefficient (Wildman–Crippen LogP) is 4.06. The second kappa shape index (κ2) is 7.75. The molecule has 0 radical (unpaired) electrons. The summed E-state index contributed by atoms with van der Waals surface area (Å²) < 4.78 is 11.8. The first-order valence-electron chi connectivity index (χ1n) is 9.03. The molecule has 1 rings (SSSR count). The number of rotatable bonds is 4. The van der Waals surface area contributed by atoms with Crippen LogP contribution in [0.4, 0.5) is 4.79 Å². The van der Waals surface area contributed by atoms with Crippen LogP contribution in [0.3, 0.4) is 0 Å². The third-order valence-electron chi connectivity index (χ3n) is 5.14. The van der Waals surface area contributed by atoms with Crippen LogP contribution >= 0.6 is 0 Å². The van der Waals surface area contributed by atoms with Gasteiger partial charge in [-0.3, -0.25) is 0 Å². The van der Waals surface area contributed by atoms with Crippen LogP contribution in [0.5, 0.6) is 0 Å². The van der Waals surface area contributed by atoms with Crippen molar-refractivity contribution < 1.29 is 19.1 Å². The standard InChI is InChI=1S/C18H37NO4Si/c1-17(2,3)22-16(21)19-15-10-9-14(11-13(15)12-20)23-24(7,8)18(4,5)6/h13-15,20H,9-12H2,1-8H3,(H,19,21)/t13-,14?,15+/m1/s1. The highest BCUT2D eigenvalue weighted by molar-refractivity contribution is 6.74. The minimum Gasteiger partial charge on any atom is -0.444 e. The molecule has 2 N–H and O–H groups in total. The molecule has 0 heterocycles. The monoisotopic (exact) mass is 359 g/mol. The van der Waals surface area contributed by atoms with Gasteiger partial charge < -0.3 is 19.6 Å². The Morgan fingerprint density at radius 3 is 2.21 bits per heavy atom. The molecule has 1 aliphatic carbocycles. The average molecular weight is 360 g/mol. The van der Waals surface area contributed by atoms with E-state index in [0.717, 1.165) is 19.3 Å². The van der Waals surface area contributed by atoms with Gasteiger partial charge >= 0.3 is 6.09 Å². The summed E-state index contributed by atoms with van der Waals surface area (Å²) >= 11 is 0. The maximum absolute atomic E-state index is 12.0. The molecular weight excluding hydrogens is 322 g/mol. The number of carbonyl (C=O) groups excluding carboxylic acids is 1. The Labute approximate surface area is 148 Å². The van der Waals surface area contributed by atoms with E-state index in [2.05, 4.69) is 39.2 Å². The highest BCUT2D eigenvalue weighted by Gasteiger charge is 2.41. The van der Waals surface area contributed by atoms with E-state index < -0.39 is 20.0 Å². The van der Waals surface area contributed by atoms with E-state index in [-0.39, 0.29) is 29.7 Å². The fourth-order valence-electron chi connectivity index (χ4n) is 2.77. The molecule has 1 aliphatic rings. The summed E-state index contributed by atoms with van der Waals surface area (Å²) in [5.41, 5.74) is -0.512. The van der Waals surface area contributed by atoms with Crippen LogP contribution < -0.4 is 5.32 Å². The van der Waals surface area contributed by atoms with Crippen LogP contribution in [0.15, 0.2) is 0 Å². The van der Waals surface area contributed by atoms with E-state index in [1.54, 1.807) is 0 Å². The van der Waals surface area contributed by atoms with Gasteiger partial charge in [0.25, 0.3) is 0 Å². The lowest BCUT2D eigenvalue weighted by molar-refractivity contribution is 0.0325. The Balaban J connectivity index is 2.62. The van der Waals surface area contributed by atoms with Crippen molar-refractivity contribution in [2.24, 2.45) is 5.92 Å². The van der Waals surface area contributed by atoms with E-state index in [4.69, 9.17) is 9.16 Å². The number of nitrogens with one attached hydrogen (secondary N) is 1. The Morgan fingerprint density at radius 1 is 1.17 bits per heavy atom. The summed E-state index contributed by atoms with van der Waals surface area (Å²) in [6.07, 6.45) is 2.26. The fraction of sp³-hybridized carbons (Fsp3) is 0.944. The van der Waals surface area contributed by atoms with Gasteiger partial charge in [0.15, 0.2) is 8.32 Å². The van der Waals surface area contributed by atoms with Gasteiger partial charge in [-0.1, -0.05) is 20.8 Å². The molecule has 0 bridgehead atoms. The van der Waals surface area contributed by atoms with Gasteiger partial charge in [0, 0.05) is 24.7 Å². The maximum atomic E-state index is 12.0. The number of hydrogen-bond donors (Lipinski definition) is 2. The number of aliphatic hydroxyl groups excluding tert-OH is 1. The number of aliphatic hydroxyl groups is 1. The van der Waals surface area contributed by atoms with Gasteiger partial charge in [0.05, 0.1) is 0 Å². The SMILES string of the molecule is CC(C)(C)OC(=O)N[C@H]1CCC(O[Si](C)(C)C(C)(C)C)C[C@@H]1CO. The summed E-state index contributed by atoms with van der Waals surface area (Å²) in [4.78, 5) is 12.0. The topological polar surface area (TPSA) is 67.8 Å². The molecule has 0 aliphatic heterocycles. The lowest BCUT2D eigenvalue weighted by Crippen LogP contribution is -2.51. The van der Waals surface area contributed by atoms with Crippen LogP contribution in [0, 0.1) is 5.92 Å². The molecule has 24 heavy (non-hydrogen) atoms. The fourth-order valence-corrected chi connectivity index (χ4v) is 4.17. The molecule has 1 unspecified atom stereocenters. The van der Waals surface area contributed by atoms with Gasteiger partial charge in [-0.2, -0.15) is 0 Å². The summed E-state index contributed by atoms with van der Waals surface area (Å²) in [6.45, 7) is 16.8. The quantitative estimate of drug-likeness (QED) is 0.743. The lowest BCUT2D eigenvalue weighted by atomic mass is 9.83. The summed E-state index contributed by atoms with van der Waals surface area (Å²) in [6, 6.07) is -0.0517. The zero-order valence-corrected chi connectivity index (χ0v) is 17.7. The van der Waals surface area contributed by atoms with Gasteiger partial charge in [-0.15, -0.1) is 0 Å². The van der Waals surface area contributed by atoms with Crippen molar-refractivity contribution in [3.63, 3.8) is 0 Å². The Morgan fingerprint density at radius 2 is 1.75 bits per heavy atom. The molecule has 1 fully saturated rings. The number of ether oxygens (including phenoxy) is 1. The van der Waals surface area contributed by atoms with Crippen molar-refractivity contribution >= 4 is 14.4 Å². The molecular formula is C18H37NO4Si. The zero-order valence-electron chi connectivity index (χ0n) is 16.7. The van der Waals surface area contributed by atoms with Crippen LogP contribution in [0.2, 0.25) is 18.1 Å². The Bertz CT molecular complexity index is 426. The zero-order chi connectivity index (χ0) is 18.8. The van der Waals surface area contributed by atoms with Crippen molar-refractivity contribution in [2.75, 3.05) is 6.61 Å². The first-order chi connectivity index (χ1) is 10.7. The van der Waals surface area contributed by atoms with Gasteiger partial charge in [0.2, 0.25) is 0 Å². The van der Waals surface area contributed by atoms with Gasteiger partial charge in [0.1, 0.15) is 5.60 Å². The molecule has 142 valence electrons. The normalized spacial score (nSPS) is 26.1. The number of hydrogen-bond acceptors (Lipinski definition) is 4. The van der Waals surface area contributed by atoms with Gasteiger partial charge in [-0.25, -0.2) is 4.79 Å². The maximum Gasteiger partial charge on any atom is 0.407 e. The number of alkyl carbamates (subject to hydrolysis) is 1. The van der Waals surface area contributed by atoms with E-state index in [1.165, 1.54) is 0 Å². The van der Waals surface area contributed by atoms with Crippen molar-refractivity contribution in [1.29, 1.82) is 0 Å². The number of amides is 1. The molecule has 5 nitrogen and oxygen atoms in total. The smallest absolute Gasteiger partial charge is 0.407 e. The van der Waals surface area contributed by atoms with Crippen molar-refractivity contribution in [2.45, 2.75) is 96.7 Å². The highest BCUT2D eigenvalue weighted by Crippen LogP contribution is 2.39. The third-order valence-corrected chi connectivity index (χ3v) is 9.67.